The van der Waals surface area contributed by atoms with Crippen molar-refractivity contribution in [3.63, 3.8) is 0 Å². The van der Waals surface area contributed by atoms with E-state index in [1.54, 1.807) is 0 Å². The van der Waals surface area contributed by atoms with Gasteiger partial charge in [0.15, 0.2) is 0 Å². The lowest BCUT2D eigenvalue weighted by Crippen LogP contribution is -2.32. The molecule has 0 aliphatic heterocycles. The minimum atomic E-state index is -0.737. The second-order valence-corrected chi connectivity index (χ2v) is 4.27. The maximum Gasteiger partial charge on any atom is 0.304 e. The van der Waals surface area contributed by atoms with Gasteiger partial charge in [-0.3, -0.25) is 4.79 Å². The van der Waals surface area contributed by atoms with Crippen LogP contribution < -0.4 is 0 Å². The molecular formula is C11H25NO5. The normalized spacial score (nSPS) is 11.0. The maximum atomic E-state index is 9.88. The largest absolute Gasteiger partial charge is 0.481 e. The van der Waals surface area contributed by atoms with Crippen LogP contribution in [-0.2, 0) is 4.79 Å². The molecular weight excluding hydrogens is 226 g/mol. The van der Waals surface area contributed by atoms with Gasteiger partial charge < -0.3 is 25.3 Å². The van der Waals surface area contributed by atoms with Crippen molar-refractivity contribution in [3.05, 3.63) is 0 Å². The van der Waals surface area contributed by atoms with E-state index in [2.05, 4.69) is 0 Å². The molecule has 4 N–H and O–H groups in total. The average molecular weight is 251 g/mol. The van der Waals surface area contributed by atoms with Crippen molar-refractivity contribution in [2.75, 3.05) is 40.5 Å². The molecule has 0 saturated heterocycles. The molecule has 0 aromatic heterocycles. The molecule has 6 nitrogen and oxygen atoms in total. The number of aliphatic hydroxyl groups is 3. The third-order valence-electron chi connectivity index (χ3n) is 2.53. The summed E-state index contributed by atoms with van der Waals surface area (Å²) in [5, 5.41) is 34.1. The zero-order valence-corrected chi connectivity index (χ0v) is 10.9. The molecule has 0 spiro atoms. The highest BCUT2D eigenvalue weighted by Crippen LogP contribution is 2.18. The molecule has 0 aromatic carbocycles. The molecule has 104 valence electrons. The first-order chi connectivity index (χ1) is 7.87. The van der Waals surface area contributed by atoms with Crippen LogP contribution in [0.25, 0.3) is 0 Å². The number of carboxylic acids is 1. The summed E-state index contributed by atoms with van der Waals surface area (Å²) < 4.78 is 0. The number of rotatable bonds is 7. The van der Waals surface area contributed by atoms with Crippen LogP contribution in [0.15, 0.2) is 0 Å². The number of hydrogen-bond donors (Lipinski definition) is 4. The van der Waals surface area contributed by atoms with Crippen LogP contribution in [0.1, 0.15) is 19.8 Å². The van der Waals surface area contributed by atoms with Gasteiger partial charge in [0.25, 0.3) is 0 Å². The van der Waals surface area contributed by atoms with Gasteiger partial charge in [0.05, 0.1) is 26.2 Å². The van der Waals surface area contributed by atoms with Crippen molar-refractivity contribution in [3.8, 4) is 0 Å². The molecule has 6 heteroatoms. The molecule has 17 heavy (non-hydrogen) atoms. The standard InChI is InChI=1S/C6H14O3.C5H11NO2/c1-2-6(3-7,4-8)5-9;1-6(2)4-3-5(7)8/h7-9H,2-5H2,1H3;3-4H2,1-2H3,(H,7,8). The third kappa shape index (κ3) is 10.2. The third-order valence-corrected chi connectivity index (χ3v) is 2.53. The lowest BCUT2D eigenvalue weighted by molar-refractivity contribution is -0.137. The Morgan fingerprint density at radius 3 is 1.59 bits per heavy atom. The van der Waals surface area contributed by atoms with Crippen molar-refractivity contribution in [1.29, 1.82) is 0 Å². The summed E-state index contributed by atoms with van der Waals surface area (Å²) in [5.74, 6) is -0.737. The minimum Gasteiger partial charge on any atom is -0.481 e. The first-order valence-electron chi connectivity index (χ1n) is 5.56. The Kier molecular flexibility index (Phi) is 11.5. The number of carbonyl (C=O) groups is 1. The smallest absolute Gasteiger partial charge is 0.304 e. The van der Waals surface area contributed by atoms with Crippen LogP contribution in [0.5, 0.6) is 0 Å². The highest BCUT2D eigenvalue weighted by Gasteiger charge is 2.24. The molecule has 0 amide bonds. The van der Waals surface area contributed by atoms with Crippen molar-refractivity contribution in [1.82, 2.24) is 4.90 Å². The fraction of sp³-hybridized carbons (Fsp3) is 0.909. The number of aliphatic hydroxyl groups excluding tert-OH is 3. The summed E-state index contributed by atoms with van der Waals surface area (Å²) in [4.78, 5) is 11.7. The van der Waals surface area contributed by atoms with Crippen molar-refractivity contribution < 1.29 is 25.2 Å². The van der Waals surface area contributed by atoms with Crippen LogP contribution in [0.2, 0.25) is 0 Å². The van der Waals surface area contributed by atoms with E-state index in [-0.39, 0.29) is 26.2 Å². The van der Waals surface area contributed by atoms with Crippen LogP contribution in [0.4, 0.5) is 0 Å². The Hall–Kier alpha value is -0.690. The van der Waals surface area contributed by atoms with E-state index in [1.807, 2.05) is 25.9 Å². The summed E-state index contributed by atoms with van der Waals surface area (Å²) in [6.45, 7) is 1.97. The van der Waals surface area contributed by atoms with Gasteiger partial charge >= 0.3 is 5.97 Å². The van der Waals surface area contributed by atoms with E-state index >= 15 is 0 Å². The predicted octanol–water partition coefficient (Wildman–Crippen LogP) is -0.618. The van der Waals surface area contributed by atoms with E-state index in [1.165, 1.54) is 0 Å². The zero-order chi connectivity index (χ0) is 13.9. The van der Waals surface area contributed by atoms with Gasteiger partial charge in [-0.25, -0.2) is 0 Å². The molecule has 0 aromatic rings. The average Bonchev–Trinajstić information content (AvgIpc) is 2.31. The molecule has 0 aliphatic carbocycles. The molecule has 0 saturated carbocycles. The summed E-state index contributed by atoms with van der Waals surface area (Å²) >= 11 is 0. The topological polar surface area (TPSA) is 101 Å². The SMILES string of the molecule is CCC(CO)(CO)CO.CN(C)CCC(=O)O. The predicted molar refractivity (Wildman–Crippen MR) is 64.8 cm³/mol. The molecule has 0 rings (SSSR count). The Bertz CT molecular complexity index is 175. The van der Waals surface area contributed by atoms with E-state index in [0.717, 1.165) is 0 Å². The quantitative estimate of drug-likeness (QED) is 0.481. The van der Waals surface area contributed by atoms with Gasteiger partial charge in [0.2, 0.25) is 0 Å². The number of nitrogens with zero attached hydrogens (tertiary/aromatic N) is 1. The van der Waals surface area contributed by atoms with Gasteiger partial charge in [-0.1, -0.05) is 6.92 Å². The molecule has 0 unspecified atom stereocenters. The number of carboxylic acid groups (broad SMARTS) is 1. The monoisotopic (exact) mass is 251 g/mol. The fourth-order valence-corrected chi connectivity index (χ4v) is 0.805. The summed E-state index contributed by atoms with van der Waals surface area (Å²) in [6.07, 6.45) is 0.823. The van der Waals surface area contributed by atoms with E-state index in [0.29, 0.717) is 13.0 Å². The highest BCUT2D eigenvalue weighted by atomic mass is 16.4. The van der Waals surface area contributed by atoms with Gasteiger partial charge in [-0.05, 0) is 20.5 Å². The van der Waals surface area contributed by atoms with Crippen LogP contribution >= 0.6 is 0 Å². The molecule has 0 atom stereocenters. The zero-order valence-electron chi connectivity index (χ0n) is 10.9. The summed E-state index contributed by atoms with van der Waals surface area (Å²) in [7, 11) is 3.70. The van der Waals surface area contributed by atoms with E-state index in [4.69, 9.17) is 20.4 Å². The second-order valence-electron chi connectivity index (χ2n) is 4.27. The molecule has 0 fully saturated rings. The molecule has 0 radical (unpaired) electrons. The maximum absolute atomic E-state index is 9.88. The lowest BCUT2D eigenvalue weighted by atomic mass is 9.88. The Morgan fingerprint density at radius 1 is 1.12 bits per heavy atom. The second kappa shape index (κ2) is 10.5. The molecule has 0 bridgehead atoms. The first kappa shape index (κ1) is 18.7. The van der Waals surface area contributed by atoms with Gasteiger partial charge in [-0.2, -0.15) is 0 Å². The van der Waals surface area contributed by atoms with Crippen LogP contribution in [-0.4, -0.2) is 71.8 Å². The summed E-state index contributed by atoms with van der Waals surface area (Å²) in [5.41, 5.74) is -0.667. The summed E-state index contributed by atoms with van der Waals surface area (Å²) in [6, 6.07) is 0. The molecule has 0 heterocycles. The van der Waals surface area contributed by atoms with E-state index in [9.17, 15) is 4.79 Å². The Balaban J connectivity index is 0. The van der Waals surface area contributed by atoms with Crippen molar-refractivity contribution in [2.45, 2.75) is 19.8 Å². The van der Waals surface area contributed by atoms with Crippen LogP contribution in [0.3, 0.4) is 0 Å². The van der Waals surface area contributed by atoms with E-state index < -0.39 is 11.4 Å². The lowest BCUT2D eigenvalue weighted by Gasteiger charge is -2.24. The molecule has 0 aliphatic rings. The Morgan fingerprint density at radius 2 is 1.53 bits per heavy atom. The fourth-order valence-electron chi connectivity index (χ4n) is 0.805. The van der Waals surface area contributed by atoms with Crippen LogP contribution in [0, 0.1) is 5.41 Å². The number of aliphatic carboxylic acids is 1. The number of hydrogen-bond acceptors (Lipinski definition) is 5. The van der Waals surface area contributed by atoms with Gasteiger partial charge in [0.1, 0.15) is 0 Å². The van der Waals surface area contributed by atoms with Crippen molar-refractivity contribution in [2.24, 2.45) is 5.41 Å². The highest BCUT2D eigenvalue weighted by molar-refractivity contribution is 5.66. The minimum absolute atomic E-state index is 0.156. The van der Waals surface area contributed by atoms with Gasteiger partial charge in [-0.15, -0.1) is 0 Å². The van der Waals surface area contributed by atoms with Gasteiger partial charge in [0, 0.05) is 12.0 Å². The van der Waals surface area contributed by atoms with Crippen molar-refractivity contribution >= 4 is 5.97 Å². The Labute approximate surface area is 102 Å². The first-order valence-corrected chi connectivity index (χ1v) is 5.56.